The second kappa shape index (κ2) is 7.21. The number of fused-ring (bicyclic) bond motifs is 3. The smallest absolute Gasteiger partial charge is 0.408 e. The average molecular weight is 382 g/mol. The number of benzene rings is 2. The van der Waals surface area contributed by atoms with E-state index in [-0.39, 0.29) is 11.9 Å². The summed E-state index contributed by atoms with van der Waals surface area (Å²) in [7, 11) is 0. The zero-order valence-electron chi connectivity index (χ0n) is 16.4. The van der Waals surface area contributed by atoms with Crippen LogP contribution >= 0.6 is 0 Å². The molecule has 5 rings (SSSR count). The Hall–Kier alpha value is -2.40. The van der Waals surface area contributed by atoms with Gasteiger partial charge in [0.05, 0.1) is 11.6 Å². The Labute approximate surface area is 165 Å². The predicted octanol–water partition coefficient (Wildman–Crippen LogP) is 4.80. The van der Waals surface area contributed by atoms with Gasteiger partial charge < -0.3 is 10.0 Å². The molecule has 3 fully saturated rings. The maximum Gasteiger partial charge on any atom is 0.408 e. The molecule has 2 aromatic carbocycles. The van der Waals surface area contributed by atoms with E-state index in [1.807, 2.05) is 38.1 Å². The lowest BCUT2D eigenvalue weighted by Gasteiger charge is -2.52. The zero-order valence-corrected chi connectivity index (χ0v) is 16.4. The van der Waals surface area contributed by atoms with Crippen LogP contribution in [-0.4, -0.2) is 46.7 Å². The Balaban J connectivity index is 1.68. The molecule has 3 saturated heterocycles. The van der Waals surface area contributed by atoms with Crippen molar-refractivity contribution in [2.24, 2.45) is 5.92 Å². The van der Waals surface area contributed by atoms with Crippen molar-refractivity contribution in [1.29, 1.82) is 0 Å². The van der Waals surface area contributed by atoms with Gasteiger partial charge in [-0.15, -0.1) is 0 Å². The Bertz CT molecular complexity index is 857. The molecule has 0 spiro atoms. The first kappa shape index (κ1) is 18.9. The molecule has 148 valence electrons. The summed E-state index contributed by atoms with van der Waals surface area (Å²) in [5.41, 5.74) is 2.17. The van der Waals surface area contributed by atoms with Crippen molar-refractivity contribution in [3.8, 4) is 11.1 Å². The van der Waals surface area contributed by atoms with Gasteiger partial charge in [0.2, 0.25) is 0 Å². The number of carbonyl (C=O) groups is 1. The lowest BCUT2D eigenvalue weighted by atomic mass is 9.80. The fourth-order valence-corrected chi connectivity index (χ4v) is 4.88. The van der Waals surface area contributed by atoms with Gasteiger partial charge in [-0.1, -0.05) is 30.3 Å². The lowest BCUT2D eigenvalue weighted by molar-refractivity contribution is -0.0289. The van der Waals surface area contributed by atoms with Gasteiger partial charge in [-0.25, -0.2) is 9.18 Å². The summed E-state index contributed by atoms with van der Waals surface area (Å²) in [6.07, 6.45) is 1.27. The van der Waals surface area contributed by atoms with Crippen LogP contribution in [0.25, 0.3) is 11.1 Å². The maximum atomic E-state index is 13.3. The standard InChI is InChI=1S/C23H27FN2O2/c1-23(2,26(22(27)28)21-15-25-12-10-17(21)11-13-25)19-5-3-4-18(14-19)16-6-8-20(24)9-7-16/h3-9,14,17,21H,10-13,15H2,1-2H3,(H,27,28). The van der Waals surface area contributed by atoms with Crippen molar-refractivity contribution in [2.45, 2.75) is 38.3 Å². The van der Waals surface area contributed by atoms with E-state index in [9.17, 15) is 14.3 Å². The fraction of sp³-hybridized carbons (Fsp3) is 0.435. The molecule has 1 N–H and O–H groups in total. The van der Waals surface area contributed by atoms with Gasteiger partial charge in [0.1, 0.15) is 5.82 Å². The number of carboxylic acid groups (broad SMARTS) is 1. The third kappa shape index (κ3) is 3.39. The topological polar surface area (TPSA) is 43.8 Å². The molecule has 4 nitrogen and oxygen atoms in total. The zero-order chi connectivity index (χ0) is 19.9. The van der Waals surface area contributed by atoms with Crippen LogP contribution < -0.4 is 0 Å². The van der Waals surface area contributed by atoms with E-state index in [0.717, 1.165) is 49.2 Å². The summed E-state index contributed by atoms with van der Waals surface area (Å²) in [5.74, 6) is 0.167. The largest absolute Gasteiger partial charge is 0.465 e. The van der Waals surface area contributed by atoms with Crippen LogP contribution in [0.3, 0.4) is 0 Å². The number of hydrogen-bond acceptors (Lipinski definition) is 2. The number of hydrogen-bond donors (Lipinski definition) is 1. The molecule has 3 heterocycles. The molecule has 0 aliphatic carbocycles. The molecule has 1 atom stereocenters. The minimum absolute atomic E-state index is 0.0180. The minimum atomic E-state index is -0.865. The number of amides is 1. The van der Waals surface area contributed by atoms with Gasteiger partial charge in [0, 0.05) is 6.54 Å². The van der Waals surface area contributed by atoms with Gasteiger partial charge in [-0.3, -0.25) is 4.90 Å². The van der Waals surface area contributed by atoms with Crippen molar-refractivity contribution >= 4 is 6.09 Å². The molecule has 2 bridgehead atoms. The van der Waals surface area contributed by atoms with Crippen LogP contribution in [0.15, 0.2) is 48.5 Å². The molecule has 0 radical (unpaired) electrons. The van der Waals surface area contributed by atoms with Crippen LogP contribution in [0.2, 0.25) is 0 Å². The fourth-order valence-electron chi connectivity index (χ4n) is 4.88. The van der Waals surface area contributed by atoms with Gasteiger partial charge in [0.15, 0.2) is 0 Å². The summed E-state index contributed by atoms with van der Waals surface area (Å²) in [6, 6.07) is 14.4. The van der Waals surface area contributed by atoms with Gasteiger partial charge in [-0.2, -0.15) is 0 Å². The number of nitrogens with zero attached hydrogens (tertiary/aromatic N) is 2. The molecule has 2 aromatic rings. The van der Waals surface area contributed by atoms with Gasteiger partial charge in [0.25, 0.3) is 0 Å². The average Bonchev–Trinajstić information content (AvgIpc) is 2.69. The maximum absolute atomic E-state index is 13.3. The first-order valence-corrected chi connectivity index (χ1v) is 9.97. The van der Waals surface area contributed by atoms with E-state index < -0.39 is 11.6 Å². The van der Waals surface area contributed by atoms with Crippen molar-refractivity contribution in [3.63, 3.8) is 0 Å². The highest BCUT2D eigenvalue weighted by atomic mass is 19.1. The molecule has 3 aliphatic heterocycles. The van der Waals surface area contributed by atoms with E-state index in [1.165, 1.54) is 12.1 Å². The molecule has 5 heteroatoms. The molecular weight excluding hydrogens is 355 g/mol. The quantitative estimate of drug-likeness (QED) is 0.826. The molecule has 0 aromatic heterocycles. The summed E-state index contributed by atoms with van der Waals surface area (Å²) in [5, 5.41) is 10.1. The summed E-state index contributed by atoms with van der Waals surface area (Å²) < 4.78 is 13.3. The van der Waals surface area contributed by atoms with Crippen molar-refractivity contribution in [2.75, 3.05) is 19.6 Å². The van der Waals surface area contributed by atoms with E-state index >= 15 is 0 Å². The molecule has 1 amide bonds. The highest BCUT2D eigenvalue weighted by molar-refractivity contribution is 5.69. The Kier molecular flexibility index (Phi) is 4.88. The first-order valence-electron chi connectivity index (χ1n) is 9.97. The van der Waals surface area contributed by atoms with E-state index in [2.05, 4.69) is 4.90 Å². The Morgan fingerprint density at radius 3 is 2.36 bits per heavy atom. The van der Waals surface area contributed by atoms with Crippen molar-refractivity contribution in [1.82, 2.24) is 9.80 Å². The SMILES string of the molecule is CC(C)(c1cccc(-c2ccc(F)cc2)c1)N(C(=O)O)C1CN2CCC1CC2. The molecule has 0 saturated carbocycles. The van der Waals surface area contributed by atoms with Gasteiger partial charge in [-0.05, 0) is 80.6 Å². The highest BCUT2D eigenvalue weighted by Crippen LogP contribution is 2.39. The second-order valence-corrected chi connectivity index (χ2v) is 8.50. The van der Waals surface area contributed by atoms with E-state index in [1.54, 1.807) is 17.0 Å². The second-order valence-electron chi connectivity index (χ2n) is 8.50. The predicted molar refractivity (Wildman–Crippen MR) is 108 cm³/mol. The van der Waals surface area contributed by atoms with E-state index in [4.69, 9.17) is 0 Å². The van der Waals surface area contributed by atoms with Crippen molar-refractivity contribution in [3.05, 3.63) is 59.9 Å². The summed E-state index contributed by atoms with van der Waals surface area (Å²) >= 11 is 0. The normalized spacial score (nSPS) is 24.2. The molecule has 28 heavy (non-hydrogen) atoms. The van der Waals surface area contributed by atoms with Crippen LogP contribution in [0, 0.1) is 11.7 Å². The van der Waals surface area contributed by atoms with Crippen LogP contribution in [0.1, 0.15) is 32.3 Å². The third-order valence-electron chi connectivity index (χ3n) is 6.51. The first-order chi connectivity index (χ1) is 13.4. The summed E-state index contributed by atoms with van der Waals surface area (Å²) in [4.78, 5) is 16.4. The lowest BCUT2D eigenvalue weighted by Crippen LogP contribution is -2.62. The highest BCUT2D eigenvalue weighted by Gasteiger charge is 2.45. The number of rotatable bonds is 4. The monoisotopic (exact) mass is 382 g/mol. The molecule has 3 aliphatic rings. The van der Waals surface area contributed by atoms with Gasteiger partial charge >= 0.3 is 6.09 Å². The Morgan fingerprint density at radius 2 is 1.79 bits per heavy atom. The molecule has 1 unspecified atom stereocenters. The van der Waals surface area contributed by atoms with Crippen molar-refractivity contribution < 1.29 is 14.3 Å². The van der Waals surface area contributed by atoms with Crippen LogP contribution in [0.4, 0.5) is 9.18 Å². The number of halogens is 1. The van der Waals surface area contributed by atoms with E-state index in [0.29, 0.717) is 5.92 Å². The molecular formula is C23H27FN2O2. The van der Waals surface area contributed by atoms with Crippen LogP contribution in [0.5, 0.6) is 0 Å². The van der Waals surface area contributed by atoms with Crippen LogP contribution in [-0.2, 0) is 5.54 Å². The Morgan fingerprint density at radius 1 is 1.11 bits per heavy atom. The summed E-state index contributed by atoms with van der Waals surface area (Å²) in [6.45, 7) is 6.95. The third-order valence-corrected chi connectivity index (χ3v) is 6.51. The number of piperidine rings is 3. The minimum Gasteiger partial charge on any atom is -0.465 e.